The van der Waals surface area contributed by atoms with E-state index in [4.69, 9.17) is 32.7 Å². The highest BCUT2D eigenvalue weighted by molar-refractivity contribution is 7.07. The average Bonchev–Trinajstić information content (AvgIpc) is 3.09. The highest BCUT2D eigenvalue weighted by atomic mass is 35.5. The molecule has 9 heteroatoms. The second kappa shape index (κ2) is 10.4. The summed E-state index contributed by atoms with van der Waals surface area (Å²) >= 11 is 13.6. The van der Waals surface area contributed by atoms with E-state index >= 15 is 0 Å². The van der Waals surface area contributed by atoms with Gasteiger partial charge in [0, 0.05) is 10.0 Å². The first kappa shape index (κ1) is 25.2. The highest BCUT2D eigenvalue weighted by Gasteiger charge is 2.33. The lowest BCUT2D eigenvalue weighted by Gasteiger charge is -2.25. The smallest absolute Gasteiger partial charge is 0.338 e. The number of allylic oxidation sites excluding steroid dienone is 1. The number of nitrogens with zero attached hydrogens (tertiary/aromatic N) is 2. The molecule has 2 heterocycles. The molecule has 35 heavy (non-hydrogen) atoms. The van der Waals surface area contributed by atoms with E-state index in [1.807, 2.05) is 31.2 Å². The van der Waals surface area contributed by atoms with Crippen LogP contribution in [0.5, 0.6) is 5.75 Å². The van der Waals surface area contributed by atoms with Crippen LogP contribution in [-0.4, -0.2) is 23.2 Å². The van der Waals surface area contributed by atoms with Gasteiger partial charge in [0.05, 0.1) is 34.6 Å². The summed E-state index contributed by atoms with van der Waals surface area (Å²) in [6.07, 6.45) is 1.39. The Hall–Kier alpha value is -2.87. The molecule has 1 aliphatic rings. The van der Waals surface area contributed by atoms with Crippen molar-refractivity contribution in [1.29, 1.82) is 0 Å². The van der Waals surface area contributed by atoms with Gasteiger partial charge in [0.25, 0.3) is 5.56 Å². The van der Waals surface area contributed by atoms with Gasteiger partial charge in [-0.15, -0.1) is 0 Å². The first-order valence-electron chi connectivity index (χ1n) is 11.1. The normalized spacial score (nSPS) is 15.7. The largest absolute Gasteiger partial charge is 0.494 e. The van der Waals surface area contributed by atoms with Crippen LogP contribution in [-0.2, 0) is 9.53 Å². The summed E-state index contributed by atoms with van der Waals surface area (Å²) in [5.74, 6) is 0.197. The molecule has 0 amide bonds. The molecule has 0 bridgehead atoms. The van der Waals surface area contributed by atoms with Gasteiger partial charge < -0.3 is 9.47 Å². The van der Waals surface area contributed by atoms with Gasteiger partial charge in [0.1, 0.15) is 5.75 Å². The molecule has 6 nitrogen and oxygen atoms in total. The SMILES string of the molecule is CCOc1ccc([C@H]2C(C(=O)OC(C)C)=C(C)N=c3s/c(=C/c4ccc(Cl)cc4Cl)c(=O)n32)cc1. The van der Waals surface area contributed by atoms with Crippen molar-refractivity contribution < 1.29 is 14.3 Å². The predicted molar refractivity (Wildman–Crippen MR) is 139 cm³/mol. The van der Waals surface area contributed by atoms with E-state index in [0.29, 0.717) is 48.6 Å². The van der Waals surface area contributed by atoms with Gasteiger partial charge in [-0.3, -0.25) is 9.36 Å². The Balaban J connectivity index is 1.92. The number of aromatic nitrogens is 1. The number of hydrogen-bond donors (Lipinski definition) is 0. The van der Waals surface area contributed by atoms with Crippen LogP contribution >= 0.6 is 34.5 Å². The molecule has 0 saturated heterocycles. The van der Waals surface area contributed by atoms with Gasteiger partial charge >= 0.3 is 5.97 Å². The van der Waals surface area contributed by atoms with Crippen molar-refractivity contribution in [3.05, 3.63) is 94.6 Å². The van der Waals surface area contributed by atoms with Crippen LogP contribution < -0.4 is 19.6 Å². The predicted octanol–water partition coefficient (Wildman–Crippen LogP) is 4.89. The zero-order valence-electron chi connectivity index (χ0n) is 19.7. The zero-order valence-corrected chi connectivity index (χ0v) is 22.0. The van der Waals surface area contributed by atoms with Crippen molar-refractivity contribution in [3.63, 3.8) is 0 Å². The monoisotopic (exact) mass is 530 g/mol. The van der Waals surface area contributed by atoms with Crippen LogP contribution in [0.25, 0.3) is 6.08 Å². The molecule has 0 aliphatic carbocycles. The van der Waals surface area contributed by atoms with Crippen LogP contribution in [0.1, 0.15) is 44.9 Å². The number of benzene rings is 2. The van der Waals surface area contributed by atoms with Crippen molar-refractivity contribution >= 4 is 46.6 Å². The molecule has 0 saturated carbocycles. The fourth-order valence-electron chi connectivity index (χ4n) is 3.85. The molecule has 0 unspecified atom stereocenters. The van der Waals surface area contributed by atoms with Crippen molar-refractivity contribution in [2.75, 3.05) is 6.61 Å². The van der Waals surface area contributed by atoms with E-state index in [1.54, 1.807) is 49.6 Å². The number of esters is 1. The molecule has 1 aliphatic heterocycles. The Kier molecular flexibility index (Phi) is 7.50. The zero-order chi connectivity index (χ0) is 25.3. The minimum Gasteiger partial charge on any atom is -0.494 e. The fraction of sp³-hybridized carbons (Fsp3) is 0.269. The van der Waals surface area contributed by atoms with E-state index < -0.39 is 12.0 Å². The summed E-state index contributed by atoms with van der Waals surface area (Å²) in [6, 6.07) is 11.7. The molecule has 0 radical (unpaired) electrons. The lowest BCUT2D eigenvalue weighted by molar-refractivity contribution is -0.143. The van der Waals surface area contributed by atoms with Gasteiger partial charge in [-0.05, 0) is 69.2 Å². The third-order valence-corrected chi connectivity index (χ3v) is 6.89. The van der Waals surface area contributed by atoms with E-state index in [2.05, 4.69) is 4.99 Å². The van der Waals surface area contributed by atoms with Crippen LogP contribution in [0.3, 0.4) is 0 Å². The van der Waals surface area contributed by atoms with Crippen LogP contribution in [0.4, 0.5) is 0 Å². The van der Waals surface area contributed by atoms with Crippen molar-refractivity contribution in [3.8, 4) is 5.75 Å². The van der Waals surface area contributed by atoms with E-state index in [-0.39, 0.29) is 11.7 Å². The molecule has 0 fully saturated rings. The van der Waals surface area contributed by atoms with E-state index in [9.17, 15) is 9.59 Å². The average molecular weight is 531 g/mol. The van der Waals surface area contributed by atoms with Gasteiger partial charge in [0.2, 0.25) is 0 Å². The summed E-state index contributed by atoms with van der Waals surface area (Å²) in [7, 11) is 0. The summed E-state index contributed by atoms with van der Waals surface area (Å²) in [5.41, 5.74) is 1.96. The number of fused-ring (bicyclic) bond motifs is 1. The Bertz CT molecular complexity index is 1490. The Morgan fingerprint density at radius 1 is 1.20 bits per heavy atom. The molecule has 4 rings (SSSR count). The summed E-state index contributed by atoms with van der Waals surface area (Å²) in [6.45, 7) is 7.76. The second-order valence-corrected chi connectivity index (χ2v) is 10.1. The standard InChI is InChI=1S/C26H24Cl2N2O4S/c1-5-33-19-10-7-16(8-11-19)23-22(25(32)34-14(2)3)15(4)29-26-30(23)24(31)21(35-26)12-17-6-9-18(27)13-20(17)28/h6-14,23H,5H2,1-4H3/b21-12+/t23-/m0/s1. The van der Waals surface area contributed by atoms with E-state index in [0.717, 1.165) is 5.56 Å². The number of ether oxygens (including phenoxy) is 2. The Morgan fingerprint density at radius 2 is 1.91 bits per heavy atom. The lowest BCUT2D eigenvalue weighted by Crippen LogP contribution is -2.40. The minimum atomic E-state index is -0.698. The maximum atomic E-state index is 13.7. The summed E-state index contributed by atoms with van der Waals surface area (Å²) in [5, 5.41) is 0.942. The van der Waals surface area contributed by atoms with Crippen LogP contribution in [0, 0.1) is 0 Å². The topological polar surface area (TPSA) is 69.9 Å². The first-order valence-corrected chi connectivity index (χ1v) is 12.7. The molecule has 182 valence electrons. The number of hydrogen-bond acceptors (Lipinski definition) is 6. The maximum absolute atomic E-state index is 13.7. The van der Waals surface area contributed by atoms with Gasteiger partial charge in [0.15, 0.2) is 4.80 Å². The lowest BCUT2D eigenvalue weighted by atomic mass is 9.96. The summed E-state index contributed by atoms with van der Waals surface area (Å²) < 4.78 is 13.1. The molecule has 1 atom stereocenters. The molecule has 0 N–H and O–H groups in total. The van der Waals surface area contributed by atoms with Crippen molar-refractivity contribution in [2.45, 2.75) is 39.8 Å². The number of halogens is 2. The first-order chi connectivity index (χ1) is 16.7. The number of rotatable bonds is 6. The fourth-order valence-corrected chi connectivity index (χ4v) is 5.35. The van der Waals surface area contributed by atoms with Crippen molar-refractivity contribution in [2.24, 2.45) is 4.99 Å². The number of carbonyl (C=O) groups excluding carboxylic acids is 1. The Morgan fingerprint density at radius 3 is 2.54 bits per heavy atom. The van der Waals surface area contributed by atoms with Crippen LogP contribution in [0.2, 0.25) is 10.0 Å². The maximum Gasteiger partial charge on any atom is 0.338 e. The highest BCUT2D eigenvalue weighted by Crippen LogP contribution is 2.32. The second-order valence-electron chi connectivity index (χ2n) is 8.20. The molecule has 0 spiro atoms. The minimum absolute atomic E-state index is 0.277. The molecule has 3 aromatic rings. The molecule has 2 aromatic carbocycles. The number of thiazole rings is 1. The van der Waals surface area contributed by atoms with Crippen molar-refractivity contribution in [1.82, 2.24) is 4.57 Å². The summed E-state index contributed by atoms with van der Waals surface area (Å²) in [4.78, 5) is 31.9. The molecular weight excluding hydrogens is 507 g/mol. The van der Waals surface area contributed by atoms with Gasteiger partial charge in [-0.2, -0.15) is 0 Å². The van der Waals surface area contributed by atoms with Gasteiger partial charge in [-0.25, -0.2) is 9.79 Å². The quantitative estimate of drug-likeness (QED) is 0.425. The third kappa shape index (κ3) is 5.22. The Labute approximate surface area is 216 Å². The number of carbonyl (C=O) groups is 1. The van der Waals surface area contributed by atoms with Crippen LogP contribution in [0.15, 0.2) is 63.5 Å². The van der Waals surface area contributed by atoms with E-state index in [1.165, 1.54) is 11.3 Å². The molecule has 1 aromatic heterocycles. The third-order valence-electron chi connectivity index (χ3n) is 5.34. The van der Waals surface area contributed by atoms with Gasteiger partial charge in [-0.1, -0.05) is 52.7 Å². The molecular formula is C26H24Cl2N2O4S.